The second-order valence-electron chi connectivity index (χ2n) is 5.31. The highest BCUT2D eigenvalue weighted by Gasteiger charge is 2.12. The number of carbonyl (C=O) groups excluding carboxylic acids is 1. The predicted octanol–water partition coefficient (Wildman–Crippen LogP) is 2.70. The monoisotopic (exact) mass is 307 g/mol. The van der Waals surface area contributed by atoms with Crippen LogP contribution >= 0.6 is 11.6 Å². The van der Waals surface area contributed by atoms with Gasteiger partial charge in [0.15, 0.2) is 5.58 Å². The van der Waals surface area contributed by atoms with E-state index in [-0.39, 0.29) is 11.3 Å². The predicted molar refractivity (Wildman–Crippen MR) is 81.6 cm³/mol. The Morgan fingerprint density at radius 1 is 1.33 bits per heavy atom. The zero-order chi connectivity index (χ0) is 14.7. The highest BCUT2D eigenvalue weighted by Crippen LogP contribution is 2.20. The van der Waals surface area contributed by atoms with Crippen molar-refractivity contribution in [3.63, 3.8) is 0 Å². The van der Waals surface area contributed by atoms with Gasteiger partial charge in [-0.3, -0.25) is 4.79 Å². The molecule has 1 amide bonds. The molecule has 1 saturated heterocycles. The Morgan fingerprint density at radius 2 is 2.14 bits per heavy atom. The number of piperidine rings is 1. The number of halogens is 1. The van der Waals surface area contributed by atoms with Crippen LogP contribution in [0.25, 0.3) is 11.1 Å². The van der Waals surface area contributed by atoms with Gasteiger partial charge in [-0.15, -0.1) is 0 Å². The summed E-state index contributed by atoms with van der Waals surface area (Å²) in [5, 5.41) is 3.03. The molecule has 1 N–H and O–H groups in total. The molecule has 2 aromatic rings. The van der Waals surface area contributed by atoms with E-state index in [2.05, 4.69) is 15.2 Å². The van der Waals surface area contributed by atoms with Crippen LogP contribution in [-0.2, 0) is 0 Å². The molecule has 0 radical (unpaired) electrons. The standard InChI is InChI=1S/C15H18ClN3O2/c16-15-18-12-5-4-11(10-13(12)21-15)14(20)17-6-9-19-7-2-1-3-8-19/h4-5,10H,1-3,6-9H2,(H,17,20). The lowest BCUT2D eigenvalue weighted by atomic mass is 10.1. The number of amides is 1. The summed E-state index contributed by atoms with van der Waals surface area (Å²) in [5.41, 5.74) is 1.75. The van der Waals surface area contributed by atoms with E-state index in [1.165, 1.54) is 19.3 Å². The summed E-state index contributed by atoms with van der Waals surface area (Å²) in [6, 6.07) is 5.14. The van der Waals surface area contributed by atoms with Gasteiger partial charge in [0.25, 0.3) is 11.3 Å². The number of oxazole rings is 1. The van der Waals surface area contributed by atoms with E-state index < -0.39 is 0 Å². The smallest absolute Gasteiger partial charge is 0.293 e. The lowest BCUT2D eigenvalue weighted by molar-refractivity contribution is 0.0946. The molecule has 21 heavy (non-hydrogen) atoms. The van der Waals surface area contributed by atoms with Crippen LogP contribution in [-0.4, -0.2) is 42.0 Å². The van der Waals surface area contributed by atoms with Crippen molar-refractivity contribution >= 4 is 28.6 Å². The van der Waals surface area contributed by atoms with Crippen LogP contribution in [0.4, 0.5) is 0 Å². The quantitative estimate of drug-likeness (QED) is 0.943. The molecule has 1 aliphatic rings. The molecule has 0 unspecified atom stereocenters. The van der Waals surface area contributed by atoms with E-state index in [0.29, 0.717) is 23.2 Å². The normalized spacial score (nSPS) is 16.2. The number of carbonyl (C=O) groups is 1. The number of nitrogens with one attached hydrogen (secondary N) is 1. The van der Waals surface area contributed by atoms with Crippen molar-refractivity contribution in [1.82, 2.24) is 15.2 Å². The van der Waals surface area contributed by atoms with Crippen molar-refractivity contribution in [2.45, 2.75) is 19.3 Å². The van der Waals surface area contributed by atoms with Crippen molar-refractivity contribution in [2.75, 3.05) is 26.2 Å². The van der Waals surface area contributed by atoms with Crippen molar-refractivity contribution in [3.05, 3.63) is 29.1 Å². The molecule has 5 nitrogen and oxygen atoms in total. The molecule has 1 aromatic heterocycles. The summed E-state index contributed by atoms with van der Waals surface area (Å²) in [5.74, 6) is -0.0959. The molecule has 0 saturated carbocycles. The highest BCUT2D eigenvalue weighted by molar-refractivity contribution is 6.28. The summed E-state index contributed by atoms with van der Waals surface area (Å²) >= 11 is 5.70. The van der Waals surface area contributed by atoms with Crippen molar-refractivity contribution in [2.24, 2.45) is 0 Å². The van der Waals surface area contributed by atoms with E-state index in [0.717, 1.165) is 19.6 Å². The van der Waals surface area contributed by atoms with Crippen LogP contribution in [0.5, 0.6) is 0 Å². The number of aromatic nitrogens is 1. The van der Waals surface area contributed by atoms with Crippen LogP contribution in [0.2, 0.25) is 5.35 Å². The summed E-state index contributed by atoms with van der Waals surface area (Å²) in [7, 11) is 0. The minimum absolute atomic E-state index is 0.0904. The summed E-state index contributed by atoms with van der Waals surface area (Å²) in [6.45, 7) is 3.84. The van der Waals surface area contributed by atoms with Crippen LogP contribution in [0.15, 0.2) is 22.6 Å². The fourth-order valence-electron chi connectivity index (χ4n) is 2.65. The largest absolute Gasteiger partial charge is 0.428 e. The second kappa shape index (κ2) is 6.45. The Hall–Kier alpha value is -1.59. The zero-order valence-electron chi connectivity index (χ0n) is 11.8. The fourth-order valence-corrected chi connectivity index (χ4v) is 2.82. The Bertz CT molecular complexity index is 635. The Balaban J connectivity index is 1.55. The van der Waals surface area contributed by atoms with Gasteiger partial charge in [0.05, 0.1) is 0 Å². The molecule has 0 spiro atoms. The maximum absolute atomic E-state index is 12.1. The summed E-state index contributed by atoms with van der Waals surface area (Å²) < 4.78 is 5.22. The van der Waals surface area contributed by atoms with Gasteiger partial charge < -0.3 is 14.6 Å². The van der Waals surface area contributed by atoms with Crippen LogP contribution in [0, 0.1) is 0 Å². The Kier molecular flexibility index (Phi) is 4.41. The topological polar surface area (TPSA) is 58.4 Å². The Morgan fingerprint density at radius 3 is 2.95 bits per heavy atom. The molecular weight excluding hydrogens is 290 g/mol. The van der Waals surface area contributed by atoms with Gasteiger partial charge in [0, 0.05) is 18.7 Å². The van der Waals surface area contributed by atoms with Gasteiger partial charge in [-0.2, -0.15) is 4.98 Å². The number of hydrogen-bond acceptors (Lipinski definition) is 4. The lowest BCUT2D eigenvalue weighted by Crippen LogP contribution is -2.37. The first kappa shape index (κ1) is 14.4. The maximum Gasteiger partial charge on any atom is 0.293 e. The maximum atomic E-state index is 12.1. The Labute approximate surface area is 128 Å². The van der Waals surface area contributed by atoms with Gasteiger partial charge in [0.1, 0.15) is 5.52 Å². The highest BCUT2D eigenvalue weighted by atomic mass is 35.5. The molecular formula is C15H18ClN3O2. The first-order chi connectivity index (χ1) is 10.2. The van der Waals surface area contributed by atoms with Crippen molar-refractivity contribution < 1.29 is 9.21 Å². The molecule has 2 heterocycles. The third-order valence-corrected chi connectivity index (χ3v) is 3.95. The van der Waals surface area contributed by atoms with Gasteiger partial charge in [-0.05, 0) is 55.7 Å². The minimum Gasteiger partial charge on any atom is -0.428 e. The average molecular weight is 308 g/mol. The van der Waals surface area contributed by atoms with Gasteiger partial charge in [-0.25, -0.2) is 0 Å². The molecule has 0 aliphatic carbocycles. The molecule has 0 bridgehead atoms. The number of nitrogens with zero attached hydrogens (tertiary/aromatic N) is 2. The fraction of sp³-hybridized carbons (Fsp3) is 0.467. The molecule has 6 heteroatoms. The molecule has 1 aromatic carbocycles. The summed E-state index contributed by atoms with van der Waals surface area (Å²) in [6.07, 6.45) is 3.84. The van der Waals surface area contributed by atoms with E-state index >= 15 is 0 Å². The van der Waals surface area contributed by atoms with Crippen LogP contribution in [0.3, 0.4) is 0 Å². The average Bonchev–Trinajstić information content (AvgIpc) is 2.87. The van der Waals surface area contributed by atoms with E-state index in [1.54, 1.807) is 18.2 Å². The van der Waals surface area contributed by atoms with Gasteiger partial charge in [0.2, 0.25) is 0 Å². The van der Waals surface area contributed by atoms with Crippen LogP contribution < -0.4 is 5.32 Å². The molecule has 1 fully saturated rings. The first-order valence-corrected chi connectivity index (χ1v) is 7.67. The molecule has 1 aliphatic heterocycles. The third kappa shape index (κ3) is 3.54. The number of hydrogen-bond donors (Lipinski definition) is 1. The van der Waals surface area contributed by atoms with E-state index in [1.807, 2.05) is 0 Å². The zero-order valence-corrected chi connectivity index (χ0v) is 12.5. The van der Waals surface area contributed by atoms with E-state index in [9.17, 15) is 4.79 Å². The number of fused-ring (bicyclic) bond motifs is 1. The first-order valence-electron chi connectivity index (χ1n) is 7.29. The van der Waals surface area contributed by atoms with Crippen molar-refractivity contribution in [1.29, 1.82) is 0 Å². The number of rotatable bonds is 4. The summed E-state index contributed by atoms with van der Waals surface area (Å²) in [4.78, 5) is 18.5. The molecule has 0 atom stereocenters. The minimum atomic E-state index is -0.0959. The van der Waals surface area contributed by atoms with Crippen LogP contribution in [0.1, 0.15) is 29.6 Å². The lowest BCUT2D eigenvalue weighted by Gasteiger charge is -2.26. The third-order valence-electron chi connectivity index (χ3n) is 3.79. The number of benzene rings is 1. The number of likely N-dealkylation sites (tertiary alicyclic amines) is 1. The molecule has 3 rings (SSSR count). The van der Waals surface area contributed by atoms with Gasteiger partial charge in [-0.1, -0.05) is 6.42 Å². The SMILES string of the molecule is O=C(NCCN1CCCCC1)c1ccc2nc(Cl)oc2c1. The molecule has 112 valence electrons. The second-order valence-corrected chi connectivity index (χ2v) is 5.63. The van der Waals surface area contributed by atoms with E-state index in [4.69, 9.17) is 16.0 Å². The van der Waals surface area contributed by atoms with Crippen molar-refractivity contribution in [3.8, 4) is 0 Å². The van der Waals surface area contributed by atoms with Gasteiger partial charge >= 0.3 is 0 Å².